The van der Waals surface area contributed by atoms with Crippen molar-refractivity contribution in [1.82, 2.24) is 0 Å². The Morgan fingerprint density at radius 2 is 1.79 bits per heavy atom. The van der Waals surface area contributed by atoms with Crippen LogP contribution in [0.3, 0.4) is 0 Å². The predicted octanol–water partition coefficient (Wildman–Crippen LogP) is 1.89. The zero-order valence-electron chi connectivity index (χ0n) is 11.4. The molecule has 5 heteroatoms. The van der Waals surface area contributed by atoms with Gasteiger partial charge in [0.25, 0.3) is 0 Å². The van der Waals surface area contributed by atoms with Gasteiger partial charge in [0.2, 0.25) is 10.0 Å². The summed E-state index contributed by atoms with van der Waals surface area (Å²) in [6.07, 6.45) is 2.37. The molecule has 1 rings (SSSR count). The molecule has 0 heterocycles. The lowest BCUT2D eigenvalue weighted by Gasteiger charge is -2.22. The third-order valence-electron chi connectivity index (χ3n) is 3.20. The van der Waals surface area contributed by atoms with E-state index in [0.29, 0.717) is 6.42 Å². The number of carbonyl (C=O) groups is 1. The Labute approximate surface area is 115 Å². The van der Waals surface area contributed by atoms with Crippen LogP contribution in [0.1, 0.15) is 32.3 Å². The highest BCUT2D eigenvalue weighted by molar-refractivity contribution is 7.89. The molecule has 0 spiro atoms. The molecule has 0 unspecified atom stereocenters. The van der Waals surface area contributed by atoms with Gasteiger partial charge in [0.15, 0.2) is 5.78 Å². The van der Waals surface area contributed by atoms with Crippen LogP contribution in [-0.4, -0.2) is 20.0 Å². The first kappa shape index (κ1) is 15.9. The number of primary sulfonamides is 1. The zero-order valence-corrected chi connectivity index (χ0v) is 12.2. The van der Waals surface area contributed by atoms with E-state index in [1.54, 1.807) is 13.8 Å². The fourth-order valence-electron chi connectivity index (χ4n) is 1.90. The van der Waals surface area contributed by atoms with Gasteiger partial charge in [-0.2, -0.15) is 0 Å². The van der Waals surface area contributed by atoms with Crippen LogP contribution >= 0.6 is 0 Å². The van der Waals surface area contributed by atoms with Crippen LogP contribution in [0, 0.1) is 5.41 Å². The molecule has 0 aliphatic rings. The molecule has 19 heavy (non-hydrogen) atoms. The van der Waals surface area contributed by atoms with Crippen LogP contribution in [0.5, 0.6) is 0 Å². The molecule has 0 aliphatic heterocycles. The highest BCUT2D eigenvalue weighted by atomic mass is 32.2. The molecule has 0 saturated carbocycles. The second-order valence-corrected chi connectivity index (χ2v) is 7.07. The monoisotopic (exact) mass is 283 g/mol. The topological polar surface area (TPSA) is 77.2 Å². The van der Waals surface area contributed by atoms with Crippen LogP contribution in [0.2, 0.25) is 0 Å². The van der Waals surface area contributed by atoms with Gasteiger partial charge in [-0.05, 0) is 24.8 Å². The van der Waals surface area contributed by atoms with E-state index in [1.165, 1.54) is 5.56 Å². The summed E-state index contributed by atoms with van der Waals surface area (Å²) < 4.78 is 21.9. The average molecular weight is 283 g/mol. The summed E-state index contributed by atoms with van der Waals surface area (Å²) in [6.45, 7) is 3.54. The number of Topliss-reactive ketones (excluding diaryl/α,β-unsaturated/α-hetero) is 1. The van der Waals surface area contributed by atoms with Crippen molar-refractivity contribution in [3.63, 3.8) is 0 Å². The van der Waals surface area contributed by atoms with E-state index < -0.39 is 21.2 Å². The molecule has 0 aliphatic carbocycles. The molecule has 2 N–H and O–H groups in total. The first-order valence-corrected chi connectivity index (χ1v) is 8.00. The minimum absolute atomic E-state index is 0.317. The summed E-state index contributed by atoms with van der Waals surface area (Å²) in [5.41, 5.74) is 0.568. The average Bonchev–Trinajstić information content (AvgIpc) is 2.28. The van der Waals surface area contributed by atoms with Crippen molar-refractivity contribution >= 4 is 15.8 Å². The summed E-state index contributed by atoms with van der Waals surface area (Å²) >= 11 is 0. The van der Waals surface area contributed by atoms with Crippen molar-refractivity contribution in [2.45, 2.75) is 33.1 Å². The summed E-state index contributed by atoms with van der Waals surface area (Å²) in [7, 11) is -3.73. The Bertz CT molecular complexity index is 521. The number of nitrogens with two attached hydrogens (primary N) is 1. The standard InChI is InChI=1S/C14H21NO3S/c1-14(2,13(16)11-19(15,17)18)10-6-9-12-7-4-3-5-8-12/h3-5,7-8H,6,9-11H2,1-2H3,(H2,15,17,18). The maximum absolute atomic E-state index is 11.9. The van der Waals surface area contributed by atoms with E-state index in [2.05, 4.69) is 0 Å². The third-order valence-corrected chi connectivity index (χ3v) is 3.86. The largest absolute Gasteiger partial charge is 0.298 e. The van der Waals surface area contributed by atoms with E-state index in [9.17, 15) is 13.2 Å². The summed E-state index contributed by atoms with van der Waals surface area (Å²) in [5, 5.41) is 4.90. The number of benzene rings is 1. The number of aryl methyl sites for hydroxylation is 1. The number of carbonyl (C=O) groups excluding carboxylic acids is 1. The number of rotatable bonds is 7. The molecule has 0 bridgehead atoms. The van der Waals surface area contributed by atoms with E-state index in [1.807, 2.05) is 30.3 Å². The number of ketones is 1. The molecule has 0 atom stereocenters. The quantitative estimate of drug-likeness (QED) is 0.830. The molecule has 106 valence electrons. The second kappa shape index (κ2) is 6.30. The van der Waals surface area contributed by atoms with Gasteiger partial charge >= 0.3 is 0 Å². The van der Waals surface area contributed by atoms with Gasteiger partial charge in [0.05, 0.1) is 0 Å². The van der Waals surface area contributed by atoms with Crippen molar-refractivity contribution in [3.8, 4) is 0 Å². The highest BCUT2D eigenvalue weighted by Crippen LogP contribution is 2.25. The van der Waals surface area contributed by atoms with Crippen LogP contribution in [0.4, 0.5) is 0 Å². The van der Waals surface area contributed by atoms with Crippen LogP contribution < -0.4 is 5.14 Å². The molecule has 1 aromatic rings. The Kier molecular flexibility index (Phi) is 5.26. The second-order valence-electron chi connectivity index (χ2n) is 5.45. The molecule has 0 fully saturated rings. The molecule has 0 amide bonds. The van der Waals surface area contributed by atoms with Gasteiger partial charge in [-0.3, -0.25) is 4.79 Å². The zero-order chi connectivity index (χ0) is 14.5. The van der Waals surface area contributed by atoms with Crippen LogP contribution in [0.15, 0.2) is 30.3 Å². The van der Waals surface area contributed by atoms with Crippen molar-refractivity contribution in [1.29, 1.82) is 0 Å². The highest BCUT2D eigenvalue weighted by Gasteiger charge is 2.29. The minimum Gasteiger partial charge on any atom is -0.298 e. The number of sulfonamides is 1. The van der Waals surface area contributed by atoms with Gasteiger partial charge in [-0.15, -0.1) is 0 Å². The first-order chi connectivity index (χ1) is 8.71. The molecule has 0 aromatic heterocycles. The molecule has 4 nitrogen and oxygen atoms in total. The normalized spacial score (nSPS) is 12.4. The van der Waals surface area contributed by atoms with Crippen molar-refractivity contribution < 1.29 is 13.2 Å². The van der Waals surface area contributed by atoms with Gasteiger partial charge < -0.3 is 0 Å². The third kappa shape index (κ3) is 5.98. The van der Waals surface area contributed by atoms with E-state index in [-0.39, 0.29) is 5.78 Å². The van der Waals surface area contributed by atoms with Gasteiger partial charge in [0.1, 0.15) is 5.75 Å². The van der Waals surface area contributed by atoms with E-state index in [4.69, 9.17) is 5.14 Å². The summed E-state index contributed by atoms with van der Waals surface area (Å²) in [5.74, 6) is -0.895. The molecular weight excluding hydrogens is 262 g/mol. The Hall–Kier alpha value is -1.20. The maximum atomic E-state index is 11.9. The lowest BCUT2D eigenvalue weighted by Crippen LogP contribution is -2.33. The predicted molar refractivity (Wildman–Crippen MR) is 76.1 cm³/mol. The smallest absolute Gasteiger partial charge is 0.216 e. The van der Waals surface area contributed by atoms with Gasteiger partial charge in [-0.1, -0.05) is 44.2 Å². The van der Waals surface area contributed by atoms with E-state index >= 15 is 0 Å². The van der Waals surface area contributed by atoms with Gasteiger partial charge in [-0.25, -0.2) is 13.6 Å². The molecular formula is C14H21NO3S. The van der Waals surface area contributed by atoms with Gasteiger partial charge in [0, 0.05) is 5.41 Å². The Morgan fingerprint density at radius 1 is 1.21 bits per heavy atom. The minimum atomic E-state index is -3.73. The number of hydrogen-bond acceptors (Lipinski definition) is 3. The lowest BCUT2D eigenvalue weighted by atomic mass is 9.83. The van der Waals surface area contributed by atoms with E-state index in [0.717, 1.165) is 12.8 Å². The molecule has 0 saturated heterocycles. The Morgan fingerprint density at radius 3 is 2.32 bits per heavy atom. The van der Waals surface area contributed by atoms with Crippen LogP contribution in [-0.2, 0) is 21.2 Å². The molecule has 0 radical (unpaired) electrons. The van der Waals surface area contributed by atoms with Crippen LogP contribution in [0.25, 0.3) is 0 Å². The first-order valence-electron chi connectivity index (χ1n) is 6.28. The lowest BCUT2D eigenvalue weighted by molar-refractivity contribution is -0.124. The number of hydrogen-bond donors (Lipinski definition) is 1. The van der Waals surface area contributed by atoms with Crippen molar-refractivity contribution in [3.05, 3.63) is 35.9 Å². The fourth-order valence-corrected chi connectivity index (χ4v) is 2.65. The van der Waals surface area contributed by atoms with Crippen molar-refractivity contribution in [2.75, 3.05) is 5.75 Å². The van der Waals surface area contributed by atoms with Crippen molar-refractivity contribution in [2.24, 2.45) is 10.6 Å². The SMILES string of the molecule is CC(C)(CCCc1ccccc1)C(=O)CS(N)(=O)=O. The Balaban J connectivity index is 2.49. The fraction of sp³-hybridized carbons (Fsp3) is 0.500. The molecule has 1 aromatic carbocycles. The maximum Gasteiger partial charge on any atom is 0.216 e. The summed E-state index contributed by atoms with van der Waals surface area (Å²) in [6, 6.07) is 10.0. The summed E-state index contributed by atoms with van der Waals surface area (Å²) in [4.78, 5) is 11.9.